The van der Waals surface area contributed by atoms with Crippen LogP contribution in [0.2, 0.25) is 0 Å². The molecule has 6 nitrogen and oxygen atoms in total. The molecule has 1 atom stereocenters. The molecule has 2 heterocycles. The van der Waals surface area contributed by atoms with Crippen molar-refractivity contribution in [3.05, 3.63) is 59.6 Å². The first kappa shape index (κ1) is 16.5. The Morgan fingerprint density at radius 2 is 1.77 bits per heavy atom. The van der Waals surface area contributed by atoms with Crippen molar-refractivity contribution in [2.24, 2.45) is 0 Å². The van der Waals surface area contributed by atoms with Gasteiger partial charge in [-0.05, 0) is 42.8 Å². The zero-order valence-electron chi connectivity index (χ0n) is 14.5. The van der Waals surface area contributed by atoms with Gasteiger partial charge >= 0.3 is 0 Å². The van der Waals surface area contributed by atoms with Crippen LogP contribution in [0.3, 0.4) is 0 Å². The van der Waals surface area contributed by atoms with E-state index >= 15 is 0 Å². The largest absolute Gasteiger partial charge is 0.497 e. The average Bonchev–Trinajstić information content (AvgIpc) is 3.28. The molecule has 2 aromatic carbocycles. The van der Waals surface area contributed by atoms with E-state index in [2.05, 4.69) is 17.1 Å². The maximum Gasteiger partial charge on any atom is 0.235 e. The summed E-state index contributed by atoms with van der Waals surface area (Å²) in [6.07, 6.45) is 0.699. The smallest absolute Gasteiger partial charge is 0.235 e. The number of ether oxygens (including phenoxy) is 2. The Labute approximate surface area is 155 Å². The van der Waals surface area contributed by atoms with Crippen LogP contribution in [0.1, 0.15) is 24.5 Å². The maximum atomic E-state index is 6.09. The zero-order chi connectivity index (χ0) is 17.9. The molecule has 0 saturated carbocycles. The molecule has 0 bridgehead atoms. The Hall–Kier alpha value is -2.93. The number of hydrogen-bond donors (Lipinski definition) is 0. The minimum Gasteiger partial charge on any atom is -0.497 e. The highest BCUT2D eigenvalue weighted by Gasteiger charge is 2.20. The second-order valence-electron chi connectivity index (χ2n) is 5.71. The lowest BCUT2D eigenvalue weighted by molar-refractivity contribution is 0.199. The van der Waals surface area contributed by atoms with Gasteiger partial charge in [-0.25, -0.2) is 0 Å². The molecular weight excluding hydrogens is 348 g/mol. The summed E-state index contributed by atoms with van der Waals surface area (Å²) >= 11 is 1.50. The molecule has 26 heavy (non-hydrogen) atoms. The zero-order valence-corrected chi connectivity index (χ0v) is 15.3. The van der Waals surface area contributed by atoms with Gasteiger partial charge in [-0.1, -0.05) is 36.5 Å². The fourth-order valence-electron chi connectivity index (χ4n) is 2.65. The lowest BCUT2D eigenvalue weighted by Gasteiger charge is -2.14. The van der Waals surface area contributed by atoms with Crippen LogP contribution < -0.4 is 9.47 Å². The summed E-state index contributed by atoms with van der Waals surface area (Å²) in [5.41, 5.74) is 0.937. The van der Waals surface area contributed by atoms with Gasteiger partial charge in [-0.3, -0.25) is 0 Å². The van der Waals surface area contributed by atoms with Crippen LogP contribution in [0.15, 0.2) is 54.6 Å². The van der Waals surface area contributed by atoms with Crippen molar-refractivity contribution in [2.45, 2.75) is 19.4 Å². The van der Waals surface area contributed by atoms with E-state index in [-0.39, 0.29) is 6.10 Å². The molecule has 4 rings (SSSR count). The summed E-state index contributed by atoms with van der Waals surface area (Å²) in [6, 6.07) is 17.5. The lowest BCUT2D eigenvalue weighted by Crippen LogP contribution is -2.07. The van der Waals surface area contributed by atoms with Gasteiger partial charge in [0.2, 0.25) is 4.96 Å². The molecule has 132 valence electrons. The Morgan fingerprint density at radius 1 is 1.00 bits per heavy atom. The van der Waals surface area contributed by atoms with Gasteiger partial charge in [0.05, 0.1) is 7.11 Å². The second-order valence-corrected chi connectivity index (χ2v) is 6.70. The predicted octanol–water partition coefficient (Wildman–Crippen LogP) is 4.39. The van der Waals surface area contributed by atoms with Crippen LogP contribution in [-0.2, 0) is 0 Å². The Morgan fingerprint density at radius 3 is 2.46 bits per heavy atom. The third kappa shape index (κ3) is 3.13. The Balaban J connectivity index is 1.65. The van der Waals surface area contributed by atoms with Gasteiger partial charge in [-0.2, -0.15) is 9.61 Å². The number of rotatable bonds is 6. The Kier molecular flexibility index (Phi) is 4.53. The fraction of sp³-hybridized carbons (Fsp3) is 0.211. The van der Waals surface area contributed by atoms with Gasteiger partial charge < -0.3 is 9.47 Å². The number of hydrogen-bond acceptors (Lipinski definition) is 6. The number of fused-ring (bicyclic) bond motifs is 1. The summed E-state index contributed by atoms with van der Waals surface area (Å²) in [6.45, 7) is 2.08. The second kappa shape index (κ2) is 7.13. The molecule has 0 N–H and O–H groups in total. The normalized spacial score (nSPS) is 12.2. The highest BCUT2D eigenvalue weighted by molar-refractivity contribution is 7.16. The first-order chi connectivity index (χ1) is 12.8. The van der Waals surface area contributed by atoms with E-state index in [4.69, 9.17) is 14.6 Å². The summed E-state index contributed by atoms with van der Waals surface area (Å²) in [5, 5.41) is 14.1. The van der Waals surface area contributed by atoms with Crippen molar-refractivity contribution in [1.29, 1.82) is 0 Å². The standard InChI is InChI=1S/C19H18N4O2S/c1-3-16(25-15-7-5-4-6-8-15)18-22-23-17(20-21-19(23)26-18)13-9-11-14(24-2)12-10-13/h4-12,16H,3H2,1-2H3/t16-/m1/s1. The van der Waals surface area contributed by atoms with E-state index in [1.165, 1.54) is 11.3 Å². The molecule has 0 radical (unpaired) electrons. The SMILES string of the molecule is CC[C@@H](Oc1ccccc1)c1nn2c(-c3ccc(OC)cc3)nnc2s1. The molecular formula is C19H18N4O2S. The van der Waals surface area contributed by atoms with Gasteiger partial charge in [0.25, 0.3) is 0 Å². The van der Waals surface area contributed by atoms with Crippen molar-refractivity contribution in [2.75, 3.05) is 7.11 Å². The summed E-state index contributed by atoms with van der Waals surface area (Å²) in [7, 11) is 1.65. The third-order valence-corrected chi connectivity index (χ3v) is 5.01. The van der Waals surface area contributed by atoms with Crippen molar-refractivity contribution >= 4 is 16.3 Å². The monoisotopic (exact) mass is 366 g/mol. The van der Waals surface area contributed by atoms with Gasteiger partial charge in [0, 0.05) is 5.56 Å². The number of para-hydroxylation sites is 1. The highest BCUT2D eigenvalue weighted by atomic mass is 32.1. The van der Waals surface area contributed by atoms with Crippen LogP contribution in [0, 0.1) is 0 Å². The van der Waals surface area contributed by atoms with Crippen molar-refractivity contribution in [3.63, 3.8) is 0 Å². The van der Waals surface area contributed by atoms with Crippen LogP contribution in [0.4, 0.5) is 0 Å². The first-order valence-corrected chi connectivity index (χ1v) is 9.18. The summed E-state index contributed by atoms with van der Waals surface area (Å²) in [4.78, 5) is 0.751. The molecule has 0 spiro atoms. The topological polar surface area (TPSA) is 61.5 Å². The van der Waals surface area contributed by atoms with Crippen molar-refractivity contribution in [3.8, 4) is 22.9 Å². The average molecular weight is 366 g/mol. The van der Waals surface area contributed by atoms with Crippen LogP contribution >= 0.6 is 11.3 Å². The van der Waals surface area contributed by atoms with Gasteiger partial charge in [-0.15, -0.1) is 10.2 Å². The quantitative estimate of drug-likeness (QED) is 0.506. The van der Waals surface area contributed by atoms with E-state index in [9.17, 15) is 0 Å². The highest BCUT2D eigenvalue weighted by Crippen LogP contribution is 2.30. The van der Waals surface area contributed by atoms with Crippen molar-refractivity contribution < 1.29 is 9.47 Å². The molecule has 2 aromatic heterocycles. The van der Waals surface area contributed by atoms with Crippen LogP contribution in [-0.4, -0.2) is 26.9 Å². The van der Waals surface area contributed by atoms with Crippen LogP contribution in [0.25, 0.3) is 16.3 Å². The summed E-state index contributed by atoms with van der Waals surface area (Å²) in [5.74, 6) is 2.34. The fourth-order valence-corrected chi connectivity index (χ4v) is 3.60. The predicted molar refractivity (Wildman–Crippen MR) is 101 cm³/mol. The minimum absolute atomic E-state index is 0.118. The van der Waals surface area contributed by atoms with E-state index in [0.29, 0.717) is 5.82 Å². The minimum atomic E-state index is -0.118. The number of aromatic nitrogens is 4. The molecule has 0 aliphatic carbocycles. The first-order valence-electron chi connectivity index (χ1n) is 8.36. The van der Waals surface area contributed by atoms with Gasteiger partial charge in [0.1, 0.15) is 11.5 Å². The molecule has 0 aliphatic rings. The number of methoxy groups -OCH3 is 1. The van der Waals surface area contributed by atoms with E-state index in [1.54, 1.807) is 11.6 Å². The molecule has 4 aromatic rings. The maximum absolute atomic E-state index is 6.09. The summed E-state index contributed by atoms with van der Waals surface area (Å²) < 4.78 is 13.1. The Bertz CT molecular complexity index is 995. The van der Waals surface area contributed by atoms with E-state index in [0.717, 1.165) is 33.5 Å². The van der Waals surface area contributed by atoms with E-state index < -0.39 is 0 Å². The number of nitrogens with zero attached hydrogens (tertiary/aromatic N) is 4. The lowest BCUT2D eigenvalue weighted by atomic mass is 10.2. The van der Waals surface area contributed by atoms with Gasteiger partial charge in [0.15, 0.2) is 16.9 Å². The third-order valence-electron chi connectivity index (χ3n) is 4.02. The van der Waals surface area contributed by atoms with Crippen LogP contribution in [0.5, 0.6) is 11.5 Å². The molecule has 0 fully saturated rings. The van der Waals surface area contributed by atoms with Crippen molar-refractivity contribution in [1.82, 2.24) is 19.8 Å². The molecule has 0 unspecified atom stereocenters. The van der Waals surface area contributed by atoms with E-state index in [1.807, 2.05) is 54.6 Å². The molecule has 7 heteroatoms. The molecule has 0 saturated heterocycles. The number of benzene rings is 2. The molecule has 0 aliphatic heterocycles. The molecule has 0 amide bonds.